The highest BCUT2D eigenvalue weighted by atomic mass is 16.5. The van der Waals surface area contributed by atoms with Gasteiger partial charge in [0.1, 0.15) is 5.60 Å². The van der Waals surface area contributed by atoms with E-state index in [1.165, 1.54) is 5.56 Å². The maximum atomic E-state index is 12.4. The number of hydrogen-bond acceptors (Lipinski definition) is 3. The second-order valence-corrected chi connectivity index (χ2v) is 5.07. The van der Waals surface area contributed by atoms with E-state index in [0.717, 1.165) is 25.0 Å². The fraction of sp³-hybridized carbons (Fsp3) is 0.571. The molecule has 0 aromatic carbocycles. The van der Waals surface area contributed by atoms with Crippen molar-refractivity contribution >= 4 is 5.78 Å². The van der Waals surface area contributed by atoms with Gasteiger partial charge in [0.2, 0.25) is 0 Å². The Morgan fingerprint density at radius 1 is 1.53 bits per heavy atom. The van der Waals surface area contributed by atoms with Crippen molar-refractivity contribution in [3.8, 4) is 0 Å². The molecule has 1 aliphatic rings. The van der Waals surface area contributed by atoms with Crippen LogP contribution in [0.2, 0.25) is 0 Å². The van der Waals surface area contributed by atoms with Crippen LogP contribution in [-0.4, -0.2) is 23.5 Å². The standard InChI is InChI=1S/C14H19NO2/c1-14(2,17-3)13(16)11-8-4-6-10-7-5-9-15-12(10)11/h5,7,9,11H,4,6,8H2,1-3H3. The van der Waals surface area contributed by atoms with Gasteiger partial charge in [-0.3, -0.25) is 9.78 Å². The van der Waals surface area contributed by atoms with Gasteiger partial charge in [0.05, 0.1) is 11.6 Å². The first-order valence-corrected chi connectivity index (χ1v) is 6.09. The first-order valence-electron chi connectivity index (χ1n) is 6.09. The summed E-state index contributed by atoms with van der Waals surface area (Å²) in [5.41, 5.74) is 1.44. The van der Waals surface area contributed by atoms with Gasteiger partial charge in [-0.25, -0.2) is 0 Å². The molecule has 1 unspecified atom stereocenters. The normalized spacial score (nSPS) is 19.8. The zero-order valence-electron chi connectivity index (χ0n) is 10.7. The lowest BCUT2D eigenvalue weighted by Gasteiger charge is -2.30. The molecule has 3 nitrogen and oxygen atoms in total. The predicted molar refractivity (Wildman–Crippen MR) is 66.0 cm³/mol. The van der Waals surface area contributed by atoms with Crippen LogP contribution in [0.1, 0.15) is 43.9 Å². The molecule has 1 aromatic heterocycles. The molecule has 0 fully saturated rings. The second kappa shape index (κ2) is 4.57. The molecular formula is C14H19NO2. The van der Waals surface area contributed by atoms with Crippen LogP contribution in [0, 0.1) is 0 Å². The van der Waals surface area contributed by atoms with Crippen molar-refractivity contribution in [2.24, 2.45) is 0 Å². The van der Waals surface area contributed by atoms with Crippen LogP contribution in [0.3, 0.4) is 0 Å². The third kappa shape index (κ3) is 2.25. The lowest BCUT2D eigenvalue weighted by molar-refractivity contribution is -0.139. The number of ketones is 1. The molecule has 0 spiro atoms. The van der Waals surface area contributed by atoms with Crippen LogP contribution in [0.25, 0.3) is 0 Å². The molecule has 1 atom stereocenters. The average molecular weight is 233 g/mol. The molecule has 0 saturated heterocycles. The summed E-state index contributed by atoms with van der Waals surface area (Å²) in [4.78, 5) is 16.8. The third-order valence-electron chi connectivity index (χ3n) is 3.62. The maximum Gasteiger partial charge on any atom is 0.173 e. The summed E-state index contributed by atoms with van der Waals surface area (Å²) in [5.74, 6) is 0.0366. The Labute approximate surface area is 102 Å². The van der Waals surface area contributed by atoms with Gasteiger partial charge in [-0.05, 0) is 44.7 Å². The topological polar surface area (TPSA) is 39.2 Å². The summed E-state index contributed by atoms with van der Waals surface area (Å²) >= 11 is 0. The van der Waals surface area contributed by atoms with Crippen LogP contribution in [-0.2, 0) is 16.0 Å². The van der Waals surface area contributed by atoms with Gasteiger partial charge in [0.15, 0.2) is 5.78 Å². The van der Waals surface area contributed by atoms with E-state index in [4.69, 9.17) is 4.74 Å². The molecule has 0 radical (unpaired) electrons. The summed E-state index contributed by atoms with van der Waals surface area (Å²) in [6.07, 6.45) is 4.73. The number of aryl methyl sites for hydroxylation is 1. The van der Waals surface area contributed by atoms with E-state index in [0.29, 0.717) is 0 Å². The number of pyridine rings is 1. The Morgan fingerprint density at radius 3 is 3.00 bits per heavy atom. The number of methoxy groups -OCH3 is 1. The number of Topliss-reactive ketones (excluding diaryl/α,β-unsaturated/α-hetero) is 1. The van der Waals surface area contributed by atoms with Crippen molar-refractivity contribution in [2.45, 2.75) is 44.6 Å². The zero-order chi connectivity index (χ0) is 12.5. The van der Waals surface area contributed by atoms with E-state index in [1.807, 2.05) is 19.9 Å². The first-order chi connectivity index (χ1) is 8.06. The van der Waals surface area contributed by atoms with E-state index >= 15 is 0 Å². The smallest absolute Gasteiger partial charge is 0.173 e. The number of nitrogens with zero attached hydrogens (tertiary/aromatic N) is 1. The van der Waals surface area contributed by atoms with Crippen molar-refractivity contribution in [1.29, 1.82) is 0 Å². The van der Waals surface area contributed by atoms with E-state index in [2.05, 4.69) is 11.1 Å². The van der Waals surface area contributed by atoms with Gasteiger partial charge in [-0.2, -0.15) is 0 Å². The molecule has 0 N–H and O–H groups in total. The maximum absolute atomic E-state index is 12.4. The van der Waals surface area contributed by atoms with Crippen molar-refractivity contribution < 1.29 is 9.53 Å². The van der Waals surface area contributed by atoms with Crippen LogP contribution in [0.5, 0.6) is 0 Å². The number of hydrogen-bond donors (Lipinski definition) is 0. The van der Waals surface area contributed by atoms with Gasteiger partial charge in [0.25, 0.3) is 0 Å². The monoisotopic (exact) mass is 233 g/mol. The van der Waals surface area contributed by atoms with Crippen LogP contribution >= 0.6 is 0 Å². The van der Waals surface area contributed by atoms with Crippen molar-refractivity contribution in [3.63, 3.8) is 0 Å². The zero-order valence-corrected chi connectivity index (χ0v) is 10.7. The molecule has 17 heavy (non-hydrogen) atoms. The Kier molecular flexibility index (Phi) is 3.29. The highest BCUT2D eigenvalue weighted by Gasteiger charge is 2.37. The quantitative estimate of drug-likeness (QED) is 0.805. The number of fused-ring (bicyclic) bond motifs is 1. The molecule has 1 heterocycles. The minimum absolute atomic E-state index is 0.102. The number of carbonyl (C=O) groups excluding carboxylic acids is 1. The lowest BCUT2D eigenvalue weighted by Crippen LogP contribution is -2.39. The first kappa shape index (κ1) is 12.2. The van der Waals surface area contributed by atoms with Gasteiger partial charge < -0.3 is 4.74 Å². The van der Waals surface area contributed by atoms with Gasteiger partial charge >= 0.3 is 0 Å². The summed E-state index contributed by atoms with van der Waals surface area (Å²) in [5, 5.41) is 0. The number of ether oxygens (including phenoxy) is 1. The molecular weight excluding hydrogens is 214 g/mol. The molecule has 2 rings (SSSR count). The van der Waals surface area contributed by atoms with E-state index < -0.39 is 5.60 Å². The summed E-state index contributed by atoms with van der Waals surface area (Å²) in [6.45, 7) is 3.65. The van der Waals surface area contributed by atoms with Crippen molar-refractivity contribution in [2.75, 3.05) is 7.11 Å². The van der Waals surface area contributed by atoms with Gasteiger partial charge in [-0.15, -0.1) is 0 Å². The minimum Gasteiger partial charge on any atom is -0.371 e. The summed E-state index contributed by atoms with van der Waals surface area (Å²) in [7, 11) is 1.58. The molecule has 1 aromatic rings. The van der Waals surface area contributed by atoms with E-state index in [9.17, 15) is 4.79 Å². The third-order valence-corrected chi connectivity index (χ3v) is 3.62. The number of aromatic nitrogens is 1. The number of carbonyl (C=O) groups is 1. The summed E-state index contributed by atoms with van der Waals surface area (Å²) in [6, 6.07) is 4.01. The van der Waals surface area contributed by atoms with Gasteiger partial charge in [-0.1, -0.05) is 6.07 Å². The van der Waals surface area contributed by atoms with E-state index in [-0.39, 0.29) is 11.7 Å². The SMILES string of the molecule is COC(C)(C)C(=O)C1CCCc2cccnc21. The van der Waals surface area contributed by atoms with Crippen molar-refractivity contribution in [1.82, 2.24) is 4.98 Å². The number of rotatable bonds is 3. The molecule has 0 aliphatic heterocycles. The molecule has 1 aliphatic carbocycles. The molecule has 3 heteroatoms. The molecule has 0 bridgehead atoms. The second-order valence-electron chi connectivity index (χ2n) is 5.07. The van der Waals surface area contributed by atoms with Crippen LogP contribution in [0.15, 0.2) is 18.3 Å². The lowest BCUT2D eigenvalue weighted by atomic mass is 9.79. The predicted octanol–water partition coefficient (Wildman–Crippen LogP) is 2.50. The Morgan fingerprint density at radius 2 is 2.29 bits per heavy atom. The summed E-state index contributed by atoms with van der Waals surface area (Å²) < 4.78 is 5.29. The van der Waals surface area contributed by atoms with Gasteiger partial charge in [0, 0.05) is 13.3 Å². The largest absolute Gasteiger partial charge is 0.371 e. The van der Waals surface area contributed by atoms with Crippen LogP contribution in [0.4, 0.5) is 0 Å². The molecule has 0 saturated carbocycles. The highest BCUT2D eigenvalue weighted by molar-refractivity contribution is 5.92. The van der Waals surface area contributed by atoms with Crippen molar-refractivity contribution in [3.05, 3.63) is 29.6 Å². The minimum atomic E-state index is -0.725. The highest BCUT2D eigenvalue weighted by Crippen LogP contribution is 2.33. The molecule has 92 valence electrons. The van der Waals surface area contributed by atoms with E-state index in [1.54, 1.807) is 13.3 Å². The van der Waals surface area contributed by atoms with Crippen LogP contribution < -0.4 is 0 Å². The Bertz CT molecular complexity index is 426. The Hall–Kier alpha value is -1.22. The fourth-order valence-corrected chi connectivity index (χ4v) is 2.38. The Balaban J connectivity index is 2.33. The fourth-order valence-electron chi connectivity index (χ4n) is 2.38. The molecule has 0 amide bonds. The average Bonchev–Trinajstić information content (AvgIpc) is 2.37.